The Bertz CT molecular complexity index is 882. The molecule has 1 aromatic carbocycles. The lowest BCUT2D eigenvalue weighted by molar-refractivity contribution is 0.0246. The van der Waals surface area contributed by atoms with Gasteiger partial charge in [-0.05, 0) is 50.4 Å². The second-order valence-electron chi connectivity index (χ2n) is 8.34. The number of anilines is 1. The molecule has 1 spiro atoms. The number of halogens is 2. The van der Waals surface area contributed by atoms with E-state index in [4.69, 9.17) is 0 Å². The summed E-state index contributed by atoms with van der Waals surface area (Å²) in [6, 6.07) is 5.22. The van der Waals surface area contributed by atoms with Crippen molar-refractivity contribution in [1.82, 2.24) is 19.6 Å². The standard InChI is InChI=1S/C21H27F2N5O/c1-26-17(6-9-24-26)13-27-10-2-7-21(14-27)8-3-11-28(15-21)20(29)25-16-4-5-18(22)19(23)12-16/h4-6,9,12H,2-3,7-8,10-11,13-15H2,1H3,(H,25,29). The second kappa shape index (κ2) is 8.10. The average molecular weight is 403 g/mol. The molecular formula is C21H27F2N5O. The maximum absolute atomic E-state index is 13.4. The van der Waals surface area contributed by atoms with Crippen LogP contribution in [-0.2, 0) is 13.6 Å². The van der Waals surface area contributed by atoms with Gasteiger partial charge in [0.15, 0.2) is 11.6 Å². The van der Waals surface area contributed by atoms with Crippen LogP contribution in [0.5, 0.6) is 0 Å². The molecule has 3 heterocycles. The van der Waals surface area contributed by atoms with Gasteiger partial charge in [-0.3, -0.25) is 9.58 Å². The molecule has 1 unspecified atom stereocenters. The van der Waals surface area contributed by atoms with Gasteiger partial charge >= 0.3 is 6.03 Å². The van der Waals surface area contributed by atoms with Crippen LogP contribution in [0.1, 0.15) is 31.4 Å². The maximum Gasteiger partial charge on any atom is 0.321 e. The smallest absolute Gasteiger partial charge is 0.321 e. The Morgan fingerprint density at radius 3 is 2.66 bits per heavy atom. The van der Waals surface area contributed by atoms with E-state index in [1.807, 2.05) is 28.9 Å². The van der Waals surface area contributed by atoms with Crippen molar-refractivity contribution in [1.29, 1.82) is 0 Å². The van der Waals surface area contributed by atoms with E-state index in [1.54, 1.807) is 0 Å². The molecule has 2 aliphatic heterocycles. The van der Waals surface area contributed by atoms with Gasteiger partial charge in [-0.15, -0.1) is 0 Å². The van der Waals surface area contributed by atoms with Gasteiger partial charge in [0, 0.05) is 56.6 Å². The highest BCUT2D eigenvalue weighted by molar-refractivity contribution is 5.89. The fraction of sp³-hybridized carbons (Fsp3) is 0.524. The molecule has 0 aliphatic carbocycles. The monoisotopic (exact) mass is 403 g/mol. The summed E-state index contributed by atoms with van der Waals surface area (Å²) in [6.45, 7) is 4.23. The number of benzene rings is 1. The lowest BCUT2D eigenvalue weighted by atomic mass is 9.73. The number of hydrogen-bond acceptors (Lipinski definition) is 3. The molecule has 2 amide bonds. The summed E-state index contributed by atoms with van der Waals surface area (Å²) < 4.78 is 28.5. The van der Waals surface area contributed by atoms with Crippen LogP contribution >= 0.6 is 0 Å². The van der Waals surface area contributed by atoms with Crippen molar-refractivity contribution in [2.75, 3.05) is 31.5 Å². The van der Waals surface area contributed by atoms with Gasteiger partial charge in [-0.1, -0.05) is 0 Å². The van der Waals surface area contributed by atoms with E-state index in [1.165, 1.54) is 11.8 Å². The van der Waals surface area contributed by atoms with Gasteiger partial charge in [0.2, 0.25) is 0 Å². The van der Waals surface area contributed by atoms with Gasteiger partial charge < -0.3 is 10.2 Å². The number of piperidine rings is 2. The Kier molecular flexibility index (Phi) is 5.54. The zero-order chi connectivity index (χ0) is 20.4. The fourth-order valence-electron chi connectivity index (χ4n) is 4.72. The van der Waals surface area contributed by atoms with Crippen molar-refractivity contribution in [2.45, 2.75) is 32.2 Å². The average Bonchev–Trinajstić information content (AvgIpc) is 3.09. The first kappa shape index (κ1) is 19.8. The van der Waals surface area contributed by atoms with Crippen molar-refractivity contribution in [3.63, 3.8) is 0 Å². The van der Waals surface area contributed by atoms with E-state index in [-0.39, 0.29) is 17.1 Å². The summed E-state index contributed by atoms with van der Waals surface area (Å²) in [4.78, 5) is 17.0. The lowest BCUT2D eigenvalue weighted by Crippen LogP contribution is -2.54. The molecule has 0 saturated carbocycles. The molecule has 156 valence electrons. The molecule has 1 atom stereocenters. The number of carbonyl (C=O) groups excluding carboxylic acids is 1. The zero-order valence-electron chi connectivity index (χ0n) is 16.7. The highest BCUT2D eigenvalue weighted by Gasteiger charge is 2.40. The van der Waals surface area contributed by atoms with Crippen LogP contribution in [0.3, 0.4) is 0 Å². The number of aryl methyl sites for hydroxylation is 1. The van der Waals surface area contributed by atoms with E-state index in [0.717, 1.165) is 57.5 Å². The SMILES string of the molecule is Cn1nccc1CN1CCCC2(CCCN(C(=O)Nc3ccc(F)c(F)c3)C2)C1. The van der Waals surface area contributed by atoms with Crippen LogP contribution in [-0.4, -0.2) is 51.8 Å². The van der Waals surface area contributed by atoms with E-state index in [0.29, 0.717) is 13.1 Å². The third kappa shape index (κ3) is 4.42. The largest absolute Gasteiger partial charge is 0.324 e. The summed E-state index contributed by atoms with van der Waals surface area (Å²) >= 11 is 0. The minimum atomic E-state index is -0.962. The molecule has 4 rings (SSSR count). The fourth-order valence-corrected chi connectivity index (χ4v) is 4.72. The van der Waals surface area contributed by atoms with Crippen molar-refractivity contribution < 1.29 is 13.6 Å². The molecular weight excluding hydrogens is 376 g/mol. The van der Waals surface area contributed by atoms with Crippen molar-refractivity contribution >= 4 is 11.7 Å². The predicted molar refractivity (Wildman–Crippen MR) is 106 cm³/mol. The number of amides is 2. The molecule has 2 aromatic rings. The van der Waals surface area contributed by atoms with Gasteiger partial charge in [-0.25, -0.2) is 13.6 Å². The van der Waals surface area contributed by atoms with Crippen LogP contribution in [0.2, 0.25) is 0 Å². The number of aromatic nitrogens is 2. The number of likely N-dealkylation sites (tertiary alicyclic amines) is 2. The quantitative estimate of drug-likeness (QED) is 0.852. The minimum absolute atomic E-state index is 0.0838. The van der Waals surface area contributed by atoms with Crippen LogP contribution in [0.25, 0.3) is 0 Å². The number of nitrogens with one attached hydrogen (secondary N) is 1. The molecule has 2 aliphatic rings. The third-order valence-corrected chi connectivity index (χ3v) is 6.17. The minimum Gasteiger partial charge on any atom is -0.324 e. The first-order valence-corrected chi connectivity index (χ1v) is 10.1. The molecule has 8 heteroatoms. The van der Waals surface area contributed by atoms with Crippen LogP contribution < -0.4 is 5.32 Å². The highest BCUT2D eigenvalue weighted by atomic mass is 19.2. The van der Waals surface area contributed by atoms with Gasteiger partial charge in [0.25, 0.3) is 0 Å². The van der Waals surface area contributed by atoms with E-state index in [9.17, 15) is 13.6 Å². The Balaban J connectivity index is 1.40. The maximum atomic E-state index is 13.4. The van der Waals surface area contributed by atoms with Crippen molar-refractivity contribution in [2.24, 2.45) is 12.5 Å². The Hall–Kier alpha value is -2.48. The molecule has 0 radical (unpaired) electrons. The van der Waals surface area contributed by atoms with E-state index < -0.39 is 11.6 Å². The number of carbonyl (C=O) groups is 1. The summed E-state index contributed by atoms with van der Waals surface area (Å²) in [5, 5.41) is 6.96. The second-order valence-corrected chi connectivity index (χ2v) is 8.34. The lowest BCUT2D eigenvalue weighted by Gasteiger charge is -2.48. The van der Waals surface area contributed by atoms with E-state index >= 15 is 0 Å². The Morgan fingerprint density at radius 2 is 1.93 bits per heavy atom. The van der Waals surface area contributed by atoms with Crippen LogP contribution in [0, 0.1) is 17.0 Å². The predicted octanol–water partition coefficient (Wildman–Crippen LogP) is 3.61. The summed E-state index contributed by atoms with van der Waals surface area (Å²) in [6.07, 6.45) is 6.08. The number of nitrogens with zero attached hydrogens (tertiary/aromatic N) is 4. The molecule has 2 saturated heterocycles. The van der Waals surface area contributed by atoms with Crippen molar-refractivity contribution in [3.05, 3.63) is 47.8 Å². The first-order chi connectivity index (χ1) is 13.9. The molecule has 2 fully saturated rings. The summed E-state index contributed by atoms with van der Waals surface area (Å²) in [5.74, 6) is -1.88. The van der Waals surface area contributed by atoms with Gasteiger partial charge in [-0.2, -0.15) is 5.10 Å². The normalized spacial score (nSPS) is 22.8. The number of rotatable bonds is 3. The third-order valence-electron chi connectivity index (χ3n) is 6.17. The van der Waals surface area contributed by atoms with Crippen molar-refractivity contribution in [3.8, 4) is 0 Å². The number of hydrogen-bond donors (Lipinski definition) is 1. The van der Waals surface area contributed by atoms with Gasteiger partial charge in [0.05, 0.1) is 5.69 Å². The Morgan fingerprint density at radius 1 is 1.14 bits per heavy atom. The van der Waals surface area contributed by atoms with Crippen LogP contribution in [0.15, 0.2) is 30.5 Å². The zero-order valence-corrected chi connectivity index (χ0v) is 16.7. The van der Waals surface area contributed by atoms with Crippen LogP contribution in [0.4, 0.5) is 19.3 Å². The van der Waals surface area contributed by atoms with Gasteiger partial charge in [0.1, 0.15) is 0 Å². The summed E-state index contributed by atoms with van der Waals surface area (Å²) in [7, 11) is 1.96. The topological polar surface area (TPSA) is 53.4 Å². The summed E-state index contributed by atoms with van der Waals surface area (Å²) in [5.41, 5.74) is 1.54. The first-order valence-electron chi connectivity index (χ1n) is 10.1. The van der Waals surface area contributed by atoms with E-state index in [2.05, 4.69) is 15.3 Å². The Labute approximate surface area is 169 Å². The molecule has 1 aromatic heterocycles. The number of urea groups is 1. The molecule has 6 nitrogen and oxygen atoms in total. The molecule has 29 heavy (non-hydrogen) atoms. The molecule has 0 bridgehead atoms. The highest BCUT2D eigenvalue weighted by Crippen LogP contribution is 2.39. The molecule has 1 N–H and O–H groups in total.